The summed E-state index contributed by atoms with van der Waals surface area (Å²) in [5.41, 5.74) is 4.37. The SMILES string of the molecule is Cc1cc(C(=O)NC2CCCNC2=O)ccc1-c1ccc(C[C@H](N[C@H](O)C2CCC(CNC(=O)OC(C)(C)C)CC2)C(=O)Nc2ccc(-c3n[nH]c(C(F)F)n3)cc2)cc1. The Bertz CT molecular complexity index is 2110. The van der Waals surface area contributed by atoms with E-state index in [-0.39, 0.29) is 41.8 Å². The van der Waals surface area contributed by atoms with Crippen molar-refractivity contribution in [1.29, 1.82) is 0 Å². The van der Waals surface area contributed by atoms with E-state index in [1.54, 1.807) is 36.4 Å². The van der Waals surface area contributed by atoms with E-state index in [0.717, 1.165) is 41.5 Å². The molecule has 1 aliphatic carbocycles. The quantitative estimate of drug-likeness (QED) is 0.0726. The molecule has 0 spiro atoms. The third kappa shape index (κ3) is 11.9. The van der Waals surface area contributed by atoms with E-state index in [4.69, 9.17) is 4.74 Å². The minimum Gasteiger partial charge on any atom is -0.444 e. The second kappa shape index (κ2) is 19.5. The van der Waals surface area contributed by atoms with E-state index in [2.05, 4.69) is 41.8 Å². The highest BCUT2D eigenvalue weighted by Crippen LogP contribution is 2.31. The van der Waals surface area contributed by atoms with Gasteiger partial charge >= 0.3 is 6.09 Å². The summed E-state index contributed by atoms with van der Waals surface area (Å²) in [7, 11) is 0. The first-order valence-electron chi connectivity index (χ1n) is 20.4. The highest BCUT2D eigenvalue weighted by Gasteiger charge is 2.31. The molecule has 16 heteroatoms. The molecule has 4 aromatic rings. The van der Waals surface area contributed by atoms with Crippen LogP contribution in [0.25, 0.3) is 22.5 Å². The first kappa shape index (κ1) is 43.8. The van der Waals surface area contributed by atoms with Crippen molar-refractivity contribution >= 4 is 29.5 Å². The number of benzene rings is 3. The molecule has 7 N–H and O–H groups in total. The molecule has 1 unspecified atom stereocenters. The van der Waals surface area contributed by atoms with Crippen molar-refractivity contribution in [2.24, 2.45) is 11.8 Å². The van der Waals surface area contributed by atoms with E-state index in [1.807, 2.05) is 58.0 Å². The Kier molecular flexibility index (Phi) is 14.3. The predicted molar refractivity (Wildman–Crippen MR) is 222 cm³/mol. The van der Waals surface area contributed by atoms with Gasteiger partial charge in [-0.1, -0.05) is 30.3 Å². The summed E-state index contributed by atoms with van der Waals surface area (Å²) >= 11 is 0. The number of aryl methyl sites for hydroxylation is 1. The van der Waals surface area contributed by atoms with Crippen molar-refractivity contribution in [3.63, 3.8) is 0 Å². The van der Waals surface area contributed by atoms with Crippen LogP contribution in [-0.2, 0) is 20.7 Å². The van der Waals surface area contributed by atoms with Crippen molar-refractivity contribution in [1.82, 2.24) is 36.4 Å². The van der Waals surface area contributed by atoms with Crippen LogP contribution in [0.1, 0.15) is 93.0 Å². The lowest BCUT2D eigenvalue weighted by Gasteiger charge is -2.33. The number of halogens is 2. The molecule has 320 valence electrons. The van der Waals surface area contributed by atoms with Crippen LogP contribution < -0.4 is 26.6 Å². The van der Waals surface area contributed by atoms with Gasteiger partial charge < -0.3 is 31.1 Å². The number of anilines is 1. The number of alkyl carbamates (subject to hydrolysis) is 1. The van der Waals surface area contributed by atoms with Crippen LogP contribution >= 0.6 is 0 Å². The summed E-state index contributed by atoms with van der Waals surface area (Å²) in [5.74, 6) is -1.17. The Balaban J connectivity index is 1.11. The monoisotopic (exact) mass is 828 g/mol. The van der Waals surface area contributed by atoms with Gasteiger partial charge in [0.15, 0.2) is 11.6 Å². The lowest BCUT2D eigenvalue weighted by atomic mass is 9.81. The maximum absolute atomic E-state index is 13.9. The number of nitrogens with one attached hydrogen (secondary N) is 6. The van der Waals surface area contributed by atoms with Crippen molar-refractivity contribution in [2.45, 2.75) is 103 Å². The molecular weight excluding hydrogens is 775 g/mol. The second-order valence-corrected chi connectivity index (χ2v) is 16.6. The molecular formula is C44H54F2N8O6. The number of aromatic amines is 1. The lowest BCUT2D eigenvalue weighted by Crippen LogP contribution is -2.50. The molecule has 1 saturated heterocycles. The van der Waals surface area contributed by atoms with Gasteiger partial charge in [-0.2, -0.15) is 5.10 Å². The van der Waals surface area contributed by atoms with Crippen LogP contribution in [-0.4, -0.2) is 81.1 Å². The van der Waals surface area contributed by atoms with Crippen molar-refractivity contribution in [2.75, 3.05) is 18.4 Å². The van der Waals surface area contributed by atoms with Crippen LogP contribution in [0.3, 0.4) is 0 Å². The number of carbonyl (C=O) groups excluding carboxylic acids is 4. The molecule has 2 aliphatic rings. The molecule has 3 atom stereocenters. The Morgan fingerprint density at radius 2 is 1.65 bits per heavy atom. The van der Waals surface area contributed by atoms with Crippen LogP contribution in [0.15, 0.2) is 66.7 Å². The summed E-state index contributed by atoms with van der Waals surface area (Å²) in [5, 5.41) is 32.1. The van der Waals surface area contributed by atoms with Crippen molar-refractivity contribution in [3.8, 4) is 22.5 Å². The first-order chi connectivity index (χ1) is 28.6. The van der Waals surface area contributed by atoms with Crippen LogP contribution in [0.2, 0.25) is 0 Å². The largest absolute Gasteiger partial charge is 0.444 e. The topological polar surface area (TPSA) is 199 Å². The zero-order valence-electron chi connectivity index (χ0n) is 34.3. The minimum atomic E-state index is -2.79. The molecule has 14 nitrogen and oxygen atoms in total. The molecule has 1 aliphatic heterocycles. The number of aliphatic hydroxyl groups is 1. The number of alkyl halides is 2. The minimum absolute atomic E-state index is 0.103. The maximum atomic E-state index is 13.9. The normalized spacial score (nSPS) is 19.2. The van der Waals surface area contributed by atoms with Gasteiger partial charge in [-0.05, 0) is 143 Å². The molecule has 6 rings (SSSR count). The van der Waals surface area contributed by atoms with Crippen LogP contribution in [0.4, 0.5) is 19.3 Å². The third-order valence-electron chi connectivity index (χ3n) is 10.9. The summed E-state index contributed by atoms with van der Waals surface area (Å²) < 4.78 is 31.4. The number of aliphatic hydroxyl groups excluding tert-OH is 1. The Labute approximate surface area is 348 Å². The number of hydrogen-bond acceptors (Lipinski definition) is 9. The lowest BCUT2D eigenvalue weighted by molar-refractivity contribution is -0.124. The van der Waals surface area contributed by atoms with Crippen molar-refractivity contribution in [3.05, 3.63) is 89.2 Å². The number of ether oxygens (including phenoxy) is 1. The average Bonchev–Trinajstić information content (AvgIpc) is 3.72. The first-order valence-corrected chi connectivity index (χ1v) is 20.4. The molecule has 60 heavy (non-hydrogen) atoms. The number of hydrogen-bond donors (Lipinski definition) is 7. The smallest absolute Gasteiger partial charge is 0.407 e. The number of H-pyrrole nitrogens is 1. The van der Waals surface area contributed by atoms with E-state index in [0.29, 0.717) is 49.2 Å². The fraction of sp³-hybridized carbons (Fsp3) is 0.455. The predicted octanol–water partition coefficient (Wildman–Crippen LogP) is 6.18. The number of piperidine rings is 1. The fourth-order valence-electron chi connectivity index (χ4n) is 7.59. The number of carbonyl (C=O) groups is 4. The van der Waals surface area contributed by atoms with Gasteiger partial charge in [0, 0.05) is 29.9 Å². The zero-order valence-corrected chi connectivity index (χ0v) is 34.3. The van der Waals surface area contributed by atoms with Gasteiger partial charge in [0.05, 0.1) is 6.04 Å². The Hall–Kier alpha value is -5.74. The Morgan fingerprint density at radius 3 is 2.28 bits per heavy atom. The molecule has 2 fully saturated rings. The third-order valence-corrected chi connectivity index (χ3v) is 10.9. The molecule has 0 radical (unpaired) electrons. The van der Waals surface area contributed by atoms with Gasteiger partial charge in [-0.3, -0.25) is 24.8 Å². The number of rotatable bonds is 14. The van der Waals surface area contributed by atoms with E-state index >= 15 is 0 Å². The summed E-state index contributed by atoms with van der Waals surface area (Å²) in [6.07, 6.45) is 0.396. The Morgan fingerprint density at radius 1 is 0.950 bits per heavy atom. The van der Waals surface area contributed by atoms with E-state index in [1.165, 1.54) is 0 Å². The molecule has 2 heterocycles. The van der Waals surface area contributed by atoms with E-state index < -0.39 is 42.3 Å². The fourth-order valence-corrected chi connectivity index (χ4v) is 7.59. The van der Waals surface area contributed by atoms with Crippen LogP contribution in [0, 0.1) is 18.8 Å². The molecule has 0 bridgehead atoms. The molecule has 1 aromatic heterocycles. The molecule has 1 saturated carbocycles. The maximum Gasteiger partial charge on any atom is 0.407 e. The van der Waals surface area contributed by atoms with Gasteiger partial charge in [0.25, 0.3) is 12.3 Å². The van der Waals surface area contributed by atoms with E-state index in [9.17, 15) is 33.1 Å². The number of nitrogens with zero attached hydrogens (tertiary/aromatic N) is 2. The number of aromatic nitrogens is 3. The molecule has 3 aromatic carbocycles. The zero-order chi connectivity index (χ0) is 43.0. The van der Waals surface area contributed by atoms with Crippen molar-refractivity contribution < 1.29 is 37.8 Å². The summed E-state index contributed by atoms with van der Waals surface area (Å²) in [4.78, 5) is 55.0. The van der Waals surface area contributed by atoms with Gasteiger partial charge in [-0.15, -0.1) is 0 Å². The number of amides is 4. The van der Waals surface area contributed by atoms with Gasteiger partial charge in [0.2, 0.25) is 11.8 Å². The highest BCUT2D eigenvalue weighted by molar-refractivity contribution is 5.98. The van der Waals surface area contributed by atoms with Crippen LogP contribution in [0.5, 0.6) is 0 Å². The van der Waals surface area contributed by atoms with Gasteiger partial charge in [-0.25, -0.2) is 18.6 Å². The van der Waals surface area contributed by atoms with Gasteiger partial charge in [0.1, 0.15) is 17.9 Å². The highest BCUT2D eigenvalue weighted by atomic mass is 19.3. The standard InChI is InChI=1S/C44H54F2N8O6/c1-25-22-31(40(56)50-34-6-5-21-47-41(34)57)17-20-33(25)28-11-7-26(8-12-28)23-35(42(58)49-32-18-15-29(16-19-32)37-52-38(36(45)46)54-53-37)51-39(55)30-13-9-27(10-14-30)24-48-43(59)60-44(2,3)4/h7-8,11-12,15-20,22,27,30,34-36,39,51,55H,5-6,9-10,13-14,21,23-24H2,1-4H3,(H,47,57)(H,48,59)(H,49,58)(H,50,56)(H,52,53,54)/t27?,30?,34?,35-,39+/m0/s1. The summed E-state index contributed by atoms with van der Waals surface area (Å²) in [6.45, 7) is 8.45. The second-order valence-electron chi connectivity index (χ2n) is 16.6. The summed E-state index contributed by atoms with van der Waals surface area (Å²) in [6, 6.07) is 18.3. The average molecular weight is 829 g/mol. The molecule has 4 amide bonds.